The average molecular weight is 539 g/mol. The van der Waals surface area contributed by atoms with Crippen molar-refractivity contribution < 1.29 is 19.0 Å². The number of halogens is 2. The van der Waals surface area contributed by atoms with Crippen molar-refractivity contribution in [3.8, 4) is 44.9 Å². The predicted molar refractivity (Wildman–Crippen MR) is 158 cm³/mol. The van der Waals surface area contributed by atoms with Crippen molar-refractivity contribution in [2.75, 3.05) is 0 Å². The van der Waals surface area contributed by atoms with E-state index in [4.69, 9.17) is 0 Å². The van der Waals surface area contributed by atoms with Crippen LogP contribution in [0.1, 0.15) is 22.3 Å². The lowest BCUT2D eigenvalue weighted by atomic mass is 9.66. The van der Waals surface area contributed by atoms with Crippen LogP contribution in [-0.2, 0) is 5.41 Å². The van der Waals surface area contributed by atoms with Crippen LogP contribution < -0.4 is 0 Å². The van der Waals surface area contributed by atoms with Gasteiger partial charge in [0.1, 0.15) is 0 Å². The molecule has 0 spiro atoms. The van der Waals surface area contributed by atoms with Gasteiger partial charge in [-0.3, -0.25) is 0 Å². The van der Waals surface area contributed by atoms with E-state index in [9.17, 15) is 10.2 Å². The Kier molecular flexibility index (Phi) is 5.72. The molecule has 0 radical (unpaired) electrons. The third-order valence-electron chi connectivity index (χ3n) is 8.16. The highest BCUT2D eigenvalue weighted by atomic mass is 19.1. The summed E-state index contributed by atoms with van der Waals surface area (Å²) >= 11 is 0. The Bertz CT molecular complexity index is 1790. The summed E-state index contributed by atoms with van der Waals surface area (Å²) in [5, 5.41) is 23.2. The van der Waals surface area contributed by atoms with E-state index in [2.05, 4.69) is 0 Å². The van der Waals surface area contributed by atoms with Crippen molar-refractivity contribution in [2.45, 2.75) is 5.41 Å². The SMILES string of the molecule is Oc1c(C2(c3ccc(-c4ccccc4)c(F)c3O)c3ccccc3-c3ccccc32)ccc(-c2ccccc2)c1F. The normalized spacial score (nSPS) is 13.0. The Morgan fingerprint density at radius 1 is 0.366 bits per heavy atom. The van der Waals surface area contributed by atoms with Crippen molar-refractivity contribution in [3.05, 3.63) is 167 Å². The molecule has 1 aliphatic carbocycles. The molecule has 0 atom stereocenters. The molecule has 4 heteroatoms. The van der Waals surface area contributed by atoms with Crippen molar-refractivity contribution in [2.24, 2.45) is 0 Å². The number of benzene rings is 6. The molecule has 0 saturated heterocycles. The molecule has 0 amide bonds. The lowest BCUT2D eigenvalue weighted by Crippen LogP contribution is -2.29. The molecule has 0 aromatic heterocycles. The fourth-order valence-electron chi connectivity index (χ4n) is 6.38. The monoisotopic (exact) mass is 538 g/mol. The maximum Gasteiger partial charge on any atom is 0.172 e. The van der Waals surface area contributed by atoms with Gasteiger partial charge in [-0.15, -0.1) is 0 Å². The molecule has 0 bridgehead atoms. The zero-order chi connectivity index (χ0) is 28.1. The molecule has 6 aromatic rings. The summed E-state index contributed by atoms with van der Waals surface area (Å²) in [5.74, 6) is -2.67. The molecule has 0 aliphatic heterocycles. The van der Waals surface area contributed by atoms with Gasteiger partial charge in [0, 0.05) is 22.3 Å². The van der Waals surface area contributed by atoms with Crippen LogP contribution in [0.25, 0.3) is 33.4 Å². The van der Waals surface area contributed by atoms with E-state index in [0.29, 0.717) is 22.3 Å². The van der Waals surface area contributed by atoms with Crippen LogP contribution in [0.3, 0.4) is 0 Å². The van der Waals surface area contributed by atoms with E-state index < -0.39 is 28.5 Å². The van der Waals surface area contributed by atoms with Crippen molar-refractivity contribution in [1.82, 2.24) is 0 Å². The molecule has 7 rings (SSSR count). The van der Waals surface area contributed by atoms with Gasteiger partial charge in [-0.25, -0.2) is 8.78 Å². The first kappa shape index (κ1) is 24.8. The van der Waals surface area contributed by atoms with E-state index in [0.717, 1.165) is 11.1 Å². The Morgan fingerprint density at radius 3 is 1.15 bits per heavy atom. The van der Waals surface area contributed by atoms with Crippen LogP contribution in [0.15, 0.2) is 133 Å². The van der Waals surface area contributed by atoms with E-state index >= 15 is 8.78 Å². The van der Waals surface area contributed by atoms with Crippen molar-refractivity contribution >= 4 is 0 Å². The van der Waals surface area contributed by atoms with Crippen LogP contribution in [0.4, 0.5) is 8.78 Å². The zero-order valence-electron chi connectivity index (χ0n) is 21.9. The molecule has 1 aliphatic rings. The highest BCUT2D eigenvalue weighted by Gasteiger charge is 2.50. The maximum atomic E-state index is 16.1. The molecule has 198 valence electrons. The first-order valence-corrected chi connectivity index (χ1v) is 13.4. The molecular formula is C37H24F2O2. The van der Waals surface area contributed by atoms with E-state index in [1.807, 2.05) is 60.7 Å². The van der Waals surface area contributed by atoms with Crippen LogP contribution in [-0.4, -0.2) is 10.2 Å². The molecule has 2 nitrogen and oxygen atoms in total. The number of hydrogen-bond donors (Lipinski definition) is 2. The van der Waals surface area contributed by atoms with Gasteiger partial charge in [-0.1, -0.05) is 133 Å². The second-order valence-electron chi connectivity index (χ2n) is 10.2. The molecule has 41 heavy (non-hydrogen) atoms. The Hall–Kier alpha value is -5.22. The van der Waals surface area contributed by atoms with Crippen molar-refractivity contribution in [1.29, 1.82) is 0 Å². The Labute approximate surface area is 236 Å². The quantitative estimate of drug-likeness (QED) is 0.235. The molecule has 2 N–H and O–H groups in total. The lowest BCUT2D eigenvalue weighted by Gasteiger charge is -2.35. The largest absolute Gasteiger partial charge is 0.505 e. The number of phenolic OH excluding ortho intramolecular Hbond substituents is 2. The van der Waals surface area contributed by atoms with Crippen LogP contribution >= 0.6 is 0 Å². The summed E-state index contributed by atoms with van der Waals surface area (Å²) in [4.78, 5) is 0. The molecule has 0 saturated carbocycles. The van der Waals surface area contributed by atoms with Gasteiger partial charge in [-0.2, -0.15) is 0 Å². The second kappa shape index (κ2) is 9.46. The van der Waals surface area contributed by atoms with Crippen LogP contribution in [0.2, 0.25) is 0 Å². The predicted octanol–water partition coefficient (Wildman–Crippen LogP) is 9.07. The summed E-state index contributed by atoms with van der Waals surface area (Å²) in [5.41, 5.74) is 3.92. The van der Waals surface area contributed by atoms with Gasteiger partial charge in [-0.05, 0) is 33.4 Å². The van der Waals surface area contributed by atoms with Crippen LogP contribution in [0, 0.1) is 11.6 Å². The van der Waals surface area contributed by atoms with Crippen LogP contribution in [0.5, 0.6) is 11.5 Å². The third-order valence-corrected chi connectivity index (χ3v) is 8.16. The summed E-state index contributed by atoms with van der Waals surface area (Å²) in [6, 6.07) is 39.8. The Balaban J connectivity index is 1.58. The van der Waals surface area contributed by atoms with E-state index in [-0.39, 0.29) is 22.3 Å². The summed E-state index contributed by atoms with van der Waals surface area (Å²) in [6.45, 7) is 0. The number of hydrogen-bond acceptors (Lipinski definition) is 2. The third kappa shape index (κ3) is 3.54. The highest BCUT2D eigenvalue weighted by molar-refractivity contribution is 5.88. The summed E-state index contributed by atoms with van der Waals surface area (Å²) in [7, 11) is 0. The van der Waals surface area contributed by atoms with Gasteiger partial charge in [0.2, 0.25) is 0 Å². The lowest BCUT2D eigenvalue weighted by molar-refractivity contribution is 0.409. The van der Waals surface area contributed by atoms with Gasteiger partial charge >= 0.3 is 0 Å². The fourth-order valence-corrected chi connectivity index (χ4v) is 6.38. The number of fused-ring (bicyclic) bond motifs is 3. The zero-order valence-corrected chi connectivity index (χ0v) is 21.9. The number of rotatable bonds is 4. The molecular weight excluding hydrogens is 514 g/mol. The fraction of sp³-hybridized carbons (Fsp3) is 0.0270. The van der Waals surface area contributed by atoms with E-state index in [1.54, 1.807) is 72.8 Å². The highest BCUT2D eigenvalue weighted by Crippen LogP contribution is 2.60. The average Bonchev–Trinajstić information content (AvgIpc) is 3.31. The van der Waals surface area contributed by atoms with Gasteiger partial charge in [0.25, 0.3) is 0 Å². The van der Waals surface area contributed by atoms with E-state index in [1.165, 1.54) is 0 Å². The molecule has 0 fully saturated rings. The molecule has 6 aromatic carbocycles. The van der Waals surface area contributed by atoms with Gasteiger partial charge in [0.05, 0.1) is 5.41 Å². The standard InChI is InChI=1S/C37H24F2O2/c38-33-25(23-11-3-1-4-12-23)19-21-31(35(33)40)37(29-17-9-7-15-27(29)28-16-8-10-18-30(28)37)32-22-20-26(34(39)36(32)41)24-13-5-2-6-14-24/h1-22,40-41H. The minimum absolute atomic E-state index is 0.217. The first-order valence-electron chi connectivity index (χ1n) is 13.4. The number of aromatic hydroxyl groups is 2. The maximum absolute atomic E-state index is 16.1. The topological polar surface area (TPSA) is 40.5 Å². The Morgan fingerprint density at radius 2 is 0.732 bits per heavy atom. The molecule has 0 heterocycles. The summed E-state index contributed by atoms with van der Waals surface area (Å²) < 4.78 is 32.2. The smallest absolute Gasteiger partial charge is 0.172 e. The van der Waals surface area contributed by atoms with Crippen molar-refractivity contribution in [3.63, 3.8) is 0 Å². The minimum Gasteiger partial charge on any atom is -0.505 e. The van der Waals surface area contributed by atoms with Gasteiger partial charge < -0.3 is 10.2 Å². The number of phenols is 2. The second-order valence-corrected chi connectivity index (χ2v) is 10.2. The first-order chi connectivity index (χ1) is 20.0. The summed E-state index contributed by atoms with van der Waals surface area (Å²) in [6.07, 6.45) is 0. The minimum atomic E-state index is -1.40. The molecule has 0 unspecified atom stereocenters. The van der Waals surface area contributed by atoms with Gasteiger partial charge in [0.15, 0.2) is 23.1 Å².